The number of hydrogen-bond donors (Lipinski definition) is 0. The molecule has 0 aliphatic carbocycles. The molecule has 7 heteroatoms. The first-order valence-electron chi connectivity index (χ1n) is 10.1. The smallest absolute Gasteiger partial charge is 0.399 e. The van der Waals surface area contributed by atoms with Crippen LogP contribution in [-0.4, -0.2) is 18.9 Å². The van der Waals surface area contributed by atoms with Gasteiger partial charge in [0.15, 0.2) is 5.76 Å². The Morgan fingerprint density at radius 2 is 1.71 bits per heavy atom. The highest BCUT2D eigenvalue weighted by Crippen LogP contribution is 2.29. The molecule has 0 atom stereocenters. The van der Waals surface area contributed by atoms with E-state index in [-0.39, 0.29) is 11.3 Å². The van der Waals surface area contributed by atoms with Crippen LogP contribution in [0.5, 0.6) is 0 Å². The topological polar surface area (TPSA) is 78.5 Å². The molecule has 31 heavy (non-hydrogen) atoms. The number of nitrogens with zero attached hydrogens (tertiary/aromatic N) is 4. The number of benzene rings is 2. The Hall–Kier alpha value is -3.87. The van der Waals surface area contributed by atoms with E-state index < -0.39 is 4.92 Å². The van der Waals surface area contributed by atoms with E-state index in [2.05, 4.69) is 55.7 Å². The predicted octanol–water partition coefficient (Wildman–Crippen LogP) is 5.80. The predicted molar refractivity (Wildman–Crippen MR) is 119 cm³/mol. The highest BCUT2D eigenvalue weighted by molar-refractivity contribution is 5.82. The van der Waals surface area contributed by atoms with Gasteiger partial charge in [-0.3, -0.25) is 14.5 Å². The summed E-state index contributed by atoms with van der Waals surface area (Å²) in [7, 11) is 0. The van der Waals surface area contributed by atoms with E-state index in [1.54, 1.807) is 6.07 Å². The molecule has 3 aromatic heterocycles. The van der Waals surface area contributed by atoms with Crippen LogP contribution in [0.4, 0.5) is 5.88 Å². The van der Waals surface area contributed by atoms with Gasteiger partial charge in [0.1, 0.15) is 10.6 Å². The number of hydrogen-bond acceptors (Lipinski definition) is 4. The van der Waals surface area contributed by atoms with Crippen molar-refractivity contribution in [2.24, 2.45) is 0 Å². The summed E-state index contributed by atoms with van der Waals surface area (Å²) in [5.74, 6) is 0.843. The Labute approximate surface area is 178 Å². The monoisotopic (exact) mass is 414 g/mol. The lowest BCUT2D eigenvalue weighted by Gasteiger charge is -2.19. The van der Waals surface area contributed by atoms with Crippen LogP contribution in [0, 0.1) is 10.1 Å². The molecule has 2 aromatic carbocycles. The molecule has 0 N–H and O–H groups in total. The summed E-state index contributed by atoms with van der Waals surface area (Å²) in [5, 5.41) is 11.0. The molecule has 3 heterocycles. The van der Waals surface area contributed by atoms with Gasteiger partial charge in [0.2, 0.25) is 5.78 Å². The zero-order valence-corrected chi connectivity index (χ0v) is 17.6. The minimum atomic E-state index is -0.546. The average molecular weight is 414 g/mol. The van der Waals surface area contributed by atoms with Crippen molar-refractivity contribution < 1.29 is 9.34 Å². The number of furan rings is 1. The summed E-state index contributed by atoms with van der Waals surface area (Å²) in [5.41, 5.74) is 5.22. The highest BCUT2D eigenvalue weighted by Gasteiger charge is 2.19. The Morgan fingerprint density at radius 1 is 1.00 bits per heavy atom. The van der Waals surface area contributed by atoms with E-state index in [9.17, 15) is 10.1 Å². The first-order chi connectivity index (χ1) is 14.8. The van der Waals surface area contributed by atoms with Gasteiger partial charge in [-0.05, 0) is 34.7 Å². The van der Waals surface area contributed by atoms with E-state index >= 15 is 0 Å². The largest absolute Gasteiger partial charge is 0.433 e. The Kier molecular flexibility index (Phi) is 4.22. The van der Waals surface area contributed by atoms with E-state index in [4.69, 9.17) is 9.40 Å². The summed E-state index contributed by atoms with van der Waals surface area (Å²) in [6.45, 7) is 7.28. The van der Waals surface area contributed by atoms with Crippen molar-refractivity contribution in [3.63, 3.8) is 0 Å². The molecular formula is C24H22N4O3. The summed E-state index contributed by atoms with van der Waals surface area (Å²) >= 11 is 0. The molecule has 5 aromatic rings. The number of aromatic nitrogens is 3. The van der Waals surface area contributed by atoms with Crippen molar-refractivity contribution in [3.8, 4) is 11.5 Å². The number of rotatable bonds is 4. The normalized spacial score (nSPS) is 12.1. The molecule has 0 aliphatic rings. The SMILES string of the molecule is CC(C)(C)c1ccc(Cn2c3ccccc3n3cc(-c4ccc([N+](=O)[O-])o4)nc23)cc1. The molecule has 0 radical (unpaired) electrons. The number of imidazole rings is 2. The quantitative estimate of drug-likeness (QED) is 0.275. The lowest BCUT2D eigenvalue weighted by atomic mass is 9.87. The van der Waals surface area contributed by atoms with Crippen LogP contribution in [0.3, 0.4) is 0 Å². The van der Waals surface area contributed by atoms with Crippen molar-refractivity contribution in [3.05, 3.63) is 88.1 Å². The summed E-state index contributed by atoms with van der Waals surface area (Å²) in [4.78, 5) is 15.2. The zero-order chi connectivity index (χ0) is 21.8. The van der Waals surface area contributed by atoms with Gasteiger partial charge in [-0.2, -0.15) is 0 Å². The number of fused-ring (bicyclic) bond motifs is 3. The van der Waals surface area contributed by atoms with Crippen molar-refractivity contribution >= 4 is 22.7 Å². The van der Waals surface area contributed by atoms with Gasteiger partial charge >= 0.3 is 5.88 Å². The molecule has 0 fully saturated rings. The molecule has 0 saturated heterocycles. The van der Waals surface area contributed by atoms with Gasteiger partial charge in [-0.15, -0.1) is 0 Å². The standard InChI is InChI=1S/C24H22N4O3/c1-24(2,3)17-10-8-16(9-11-17)14-26-19-6-4-5-7-20(19)27-15-18(25-23(26)27)21-12-13-22(31-21)28(29)30/h4-13,15H,14H2,1-3H3. The van der Waals surface area contributed by atoms with Crippen LogP contribution in [-0.2, 0) is 12.0 Å². The Morgan fingerprint density at radius 3 is 2.35 bits per heavy atom. The Balaban J connectivity index is 1.60. The summed E-state index contributed by atoms with van der Waals surface area (Å²) < 4.78 is 9.52. The van der Waals surface area contributed by atoms with Crippen molar-refractivity contribution in [2.75, 3.05) is 0 Å². The van der Waals surface area contributed by atoms with E-state index in [0.717, 1.165) is 16.8 Å². The maximum atomic E-state index is 11.0. The highest BCUT2D eigenvalue weighted by atomic mass is 16.6. The van der Waals surface area contributed by atoms with Crippen LogP contribution in [0.1, 0.15) is 31.9 Å². The van der Waals surface area contributed by atoms with E-state index in [0.29, 0.717) is 18.0 Å². The molecule has 0 spiro atoms. The fourth-order valence-electron chi connectivity index (χ4n) is 3.87. The second-order valence-electron chi connectivity index (χ2n) is 8.71. The third kappa shape index (κ3) is 3.28. The average Bonchev–Trinajstić information content (AvgIpc) is 3.44. The fraction of sp³-hybridized carbons (Fsp3) is 0.208. The second-order valence-corrected chi connectivity index (χ2v) is 8.71. The van der Waals surface area contributed by atoms with Crippen LogP contribution in [0.25, 0.3) is 28.3 Å². The lowest BCUT2D eigenvalue weighted by Crippen LogP contribution is -2.11. The number of para-hydroxylation sites is 2. The molecule has 0 saturated carbocycles. The van der Waals surface area contributed by atoms with Gasteiger partial charge in [-0.25, -0.2) is 4.98 Å². The summed E-state index contributed by atoms with van der Waals surface area (Å²) in [6, 6.07) is 19.7. The second kappa shape index (κ2) is 6.84. The molecule has 5 rings (SSSR count). The van der Waals surface area contributed by atoms with Gasteiger partial charge in [0.25, 0.3) is 0 Å². The van der Waals surface area contributed by atoms with Gasteiger partial charge in [0, 0.05) is 6.20 Å². The lowest BCUT2D eigenvalue weighted by molar-refractivity contribution is -0.401. The molecule has 0 bridgehead atoms. The van der Waals surface area contributed by atoms with Crippen molar-refractivity contribution in [2.45, 2.75) is 32.7 Å². The van der Waals surface area contributed by atoms with Gasteiger partial charge in [-0.1, -0.05) is 57.2 Å². The van der Waals surface area contributed by atoms with Crippen LogP contribution in [0.2, 0.25) is 0 Å². The third-order valence-electron chi connectivity index (χ3n) is 5.55. The van der Waals surface area contributed by atoms with Crippen molar-refractivity contribution in [1.29, 1.82) is 0 Å². The third-order valence-corrected chi connectivity index (χ3v) is 5.55. The number of nitro groups is 1. The van der Waals surface area contributed by atoms with Crippen molar-refractivity contribution in [1.82, 2.24) is 14.0 Å². The fourth-order valence-corrected chi connectivity index (χ4v) is 3.87. The first kappa shape index (κ1) is 19.1. The maximum Gasteiger partial charge on any atom is 0.433 e. The van der Waals surface area contributed by atoms with E-state index in [1.165, 1.54) is 17.2 Å². The molecule has 0 aliphatic heterocycles. The minimum Gasteiger partial charge on any atom is -0.399 e. The van der Waals surface area contributed by atoms with Gasteiger partial charge in [0.05, 0.1) is 23.6 Å². The molecular weight excluding hydrogens is 392 g/mol. The van der Waals surface area contributed by atoms with Gasteiger partial charge < -0.3 is 8.98 Å². The van der Waals surface area contributed by atoms with Crippen LogP contribution < -0.4 is 0 Å². The van der Waals surface area contributed by atoms with Crippen LogP contribution in [0.15, 0.2) is 71.3 Å². The Bertz CT molecular complexity index is 1420. The first-order valence-corrected chi connectivity index (χ1v) is 10.1. The minimum absolute atomic E-state index is 0.107. The molecule has 156 valence electrons. The van der Waals surface area contributed by atoms with E-state index in [1.807, 2.05) is 28.8 Å². The zero-order valence-electron chi connectivity index (χ0n) is 17.6. The molecule has 0 amide bonds. The molecule has 7 nitrogen and oxygen atoms in total. The maximum absolute atomic E-state index is 11.0. The summed E-state index contributed by atoms with van der Waals surface area (Å²) in [6.07, 6.45) is 1.86. The van der Waals surface area contributed by atoms with Crippen LogP contribution >= 0.6 is 0 Å². The molecule has 0 unspecified atom stereocenters.